The number of nitrogens with zero attached hydrogens (tertiary/aromatic N) is 2. The predicted molar refractivity (Wildman–Crippen MR) is 70.7 cm³/mol. The van der Waals surface area contributed by atoms with Crippen LogP contribution in [0.1, 0.15) is 9.67 Å². The molecular weight excluding hydrogens is 315 g/mol. The predicted octanol–water partition coefficient (Wildman–Crippen LogP) is 3.96. The fraction of sp³-hybridized carbons (Fsp3) is 0. The molecule has 1 heterocycles. The van der Waals surface area contributed by atoms with Gasteiger partial charge in [-0.05, 0) is 6.07 Å². The van der Waals surface area contributed by atoms with Gasteiger partial charge in [-0.1, -0.05) is 34.5 Å². The van der Waals surface area contributed by atoms with E-state index in [1.807, 2.05) is 0 Å². The Morgan fingerprint density at radius 3 is 2.74 bits per heavy atom. The second kappa shape index (κ2) is 5.52. The van der Waals surface area contributed by atoms with Gasteiger partial charge in [-0.2, -0.15) is 4.98 Å². The van der Waals surface area contributed by atoms with Crippen molar-refractivity contribution in [1.29, 1.82) is 0 Å². The molecule has 0 N–H and O–H groups in total. The number of hydrogen-bond acceptors (Lipinski definition) is 6. The smallest absolute Gasteiger partial charge is 0.311 e. The standard InChI is InChI=1S/C10H4Cl2N2O4S/c11-5-1-2-6(14(16)17)7(3-5)18-10-13-9(12)8(4-15)19-10/h1-4H. The van der Waals surface area contributed by atoms with Gasteiger partial charge in [0.15, 0.2) is 11.4 Å². The van der Waals surface area contributed by atoms with Crippen LogP contribution >= 0.6 is 34.5 Å². The lowest BCUT2D eigenvalue weighted by atomic mass is 10.3. The lowest BCUT2D eigenvalue weighted by molar-refractivity contribution is -0.385. The Hall–Kier alpha value is -1.70. The number of hydrogen-bond donors (Lipinski definition) is 0. The Morgan fingerprint density at radius 1 is 1.42 bits per heavy atom. The van der Waals surface area contributed by atoms with Crippen LogP contribution in [-0.4, -0.2) is 16.2 Å². The lowest BCUT2D eigenvalue weighted by Crippen LogP contribution is -1.93. The first-order chi connectivity index (χ1) is 9.01. The molecule has 0 unspecified atom stereocenters. The van der Waals surface area contributed by atoms with E-state index in [-0.39, 0.29) is 31.7 Å². The Balaban J connectivity index is 2.39. The average molecular weight is 319 g/mol. The van der Waals surface area contributed by atoms with Gasteiger partial charge in [0.05, 0.1) is 4.92 Å². The monoisotopic (exact) mass is 318 g/mol. The molecule has 0 aliphatic heterocycles. The summed E-state index contributed by atoms with van der Waals surface area (Å²) in [5.41, 5.74) is -0.261. The molecule has 0 fully saturated rings. The number of nitro groups is 1. The molecule has 0 saturated heterocycles. The Kier molecular flexibility index (Phi) is 3.98. The number of halogens is 2. The summed E-state index contributed by atoms with van der Waals surface area (Å²) in [5.74, 6) is -0.0691. The molecule has 0 amide bonds. The molecule has 0 saturated carbocycles. The van der Waals surface area contributed by atoms with Crippen molar-refractivity contribution in [2.75, 3.05) is 0 Å². The lowest BCUT2D eigenvalue weighted by Gasteiger charge is -2.02. The van der Waals surface area contributed by atoms with E-state index in [9.17, 15) is 14.9 Å². The molecule has 0 aliphatic carbocycles. The molecule has 0 aliphatic rings. The number of benzene rings is 1. The first kappa shape index (κ1) is 13.7. The zero-order valence-corrected chi connectivity index (χ0v) is 11.3. The number of thiazole rings is 1. The number of aldehydes is 1. The van der Waals surface area contributed by atoms with Crippen LogP contribution in [0, 0.1) is 10.1 Å². The van der Waals surface area contributed by atoms with Crippen LogP contribution in [0.3, 0.4) is 0 Å². The third-order valence-corrected chi connectivity index (χ3v) is 3.51. The van der Waals surface area contributed by atoms with E-state index in [0.29, 0.717) is 6.29 Å². The maximum atomic E-state index is 10.8. The van der Waals surface area contributed by atoms with Crippen molar-refractivity contribution in [2.45, 2.75) is 0 Å². The van der Waals surface area contributed by atoms with E-state index in [2.05, 4.69) is 4.98 Å². The number of rotatable bonds is 4. The zero-order valence-electron chi connectivity index (χ0n) is 9.00. The van der Waals surface area contributed by atoms with E-state index in [0.717, 1.165) is 11.3 Å². The van der Waals surface area contributed by atoms with Crippen LogP contribution in [0.15, 0.2) is 18.2 Å². The van der Waals surface area contributed by atoms with Crippen molar-refractivity contribution in [2.24, 2.45) is 0 Å². The number of aromatic nitrogens is 1. The van der Waals surface area contributed by atoms with Gasteiger partial charge in [0.2, 0.25) is 5.75 Å². The van der Waals surface area contributed by atoms with Crippen LogP contribution in [0.5, 0.6) is 10.9 Å². The first-order valence-corrected chi connectivity index (χ1v) is 6.32. The quantitative estimate of drug-likeness (QED) is 0.484. The minimum atomic E-state index is -0.610. The highest BCUT2D eigenvalue weighted by molar-refractivity contribution is 7.15. The zero-order chi connectivity index (χ0) is 14.0. The molecule has 2 aromatic rings. The molecule has 6 nitrogen and oxygen atoms in total. The van der Waals surface area contributed by atoms with E-state index in [4.69, 9.17) is 27.9 Å². The second-order valence-corrected chi connectivity index (χ2v) is 5.01. The van der Waals surface area contributed by atoms with Crippen molar-refractivity contribution in [3.05, 3.63) is 43.4 Å². The summed E-state index contributed by atoms with van der Waals surface area (Å²) in [6, 6.07) is 3.88. The van der Waals surface area contributed by atoms with Crippen molar-refractivity contribution < 1.29 is 14.5 Å². The molecule has 1 aromatic carbocycles. The van der Waals surface area contributed by atoms with Gasteiger partial charge in [-0.15, -0.1) is 0 Å². The SMILES string of the molecule is O=Cc1sc(Oc2cc(Cl)ccc2[N+](=O)[O-])nc1Cl. The summed E-state index contributed by atoms with van der Waals surface area (Å²) in [6.45, 7) is 0. The topological polar surface area (TPSA) is 82.3 Å². The Bertz CT molecular complexity index is 659. The molecule has 0 radical (unpaired) electrons. The molecule has 0 atom stereocenters. The normalized spacial score (nSPS) is 10.2. The van der Waals surface area contributed by atoms with Gasteiger partial charge in [-0.25, -0.2) is 0 Å². The van der Waals surface area contributed by atoms with E-state index in [1.165, 1.54) is 18.2 Å². The fourth-order valence-electron chi connectivity index (χ4n) is 1.23. The highest BCUT2D eigenvalue weighted by Gasteiger charge is 2.18. The Labute approximate surface area is 120 Å². The van der Waals surface area contributed by atoms with Gasteiger partial charge >= 0.3 is 5.69 Å². The van der Waals surface area contributed by atoms with Gasteiger partial charge < -0.3 is 4.74 Å². The Morgan fingerprint density at radius 2 is 2.16 bits per heavy atom. The van der Waals surface area contributed by atoms with Crippen LogP contribution in [0.2, 0.25) is 10.2 Å². The molecule has 1 aromatic heterocycles. The second-order valence-electron chi connectivity index (χ2n) is 3.22. The van der Waals surface area contributed by atoms with E-state index >= 15 is 0 Å². The highest BCUT2D eigenvalue weighted by Crippen LogP contribution is 2.36. The van der Waals surface area contributed by atoms with Crippen molar-refractivity contribution >= 4 is 46.5 Å². The summed E-state index contributed by atoms with van der Waals surface area (Å²) >= 11 is 12.3. The molecular formula is C10H4Cl2N2O4S. The maximum absolute atomic E-state index is 10.8. The van der Waals surface area contributed by atoms with Gasteiger partial charge in [0.25, 0.3) is 5.19 Å². The molecule has 0 spiro atoms. The van der Waals surface area contributed by atoms with Crippen LogP contribution < -0.4 is 4.74 Å². The summed E-state index contributed by atoms with van der Waals surface area (Å²) in [6.07, 6.45) is 0.527. The van der Waals surface area contributed by atoms with Crippen LogP contribution in [-0.2, 0) is 0 Å². The molecule has 19 heavy (non-hydrogen) atoms. The van der Waals surface area contributed by atoms with Gasteiger partial charge in [0, 0.05) is 17.2 Å². The summed E-state index contributed by atoms with van der Waals surface area (Å²) in [7, 11) is 0. The summed E-state index contributed by atoms with van der Waals surface area (Å²) < 4.78 is 5.25. The van der Waals surface area contributed by atoms with Crippen LogP contribution in [0.4, 0.5) is 5.69 Å². The molecule has 2 rings (SSSR count). The van der Waals surface area contributed by atoms with Crippen LogP contribution in [0.25, 0.3) is 0 Å². The van der Waals surface area contributed by atoms with Crippen molar-refractivity contribution in [3.63, 3.8) is 0 Å². The average Bonchev–Trinajstić information content (AvgIpc) is 2.69. The highest BCUT2D eigenvalue weighted by atomic mass is 35.5. The largest absolute Gasteiger partial charge is 0.423 e. The number of carbonyl (C=O) groups excluding carboxylic acids is 1. The number of carbonyl (C=O) groups is 1. The van der Waals surface area contributed by atoms with E-state index < -0.39 is 4.92 Å². The third-order valence-electron chi connectivity index (χ3n) is 2.01. The van der Waals surface area contributed by atoms with E-state index in [1.54, 1.807) is 0 Å². The van der Waals surface area contributed by atoms with Crippen molar-refractivity contribution in [1.82, 2.24) is 4.98 Å². The fourth-order valence-corrected chi connectivity index (χ4v) is 2.31. The first-order valence-electron chi connectivity index (χ1n) is 4.74. The maximum Gasteiger partial charge on any atom is 0.311 e. The van der Waals surface area contributed by atoms with Gasteiger partial charge in [-0.3, -0.25) is 14.9 Å². The van der Waals surface area contributed by atoms with Gasteiger partial charge in [0.1, 0.15) is 4.88 Å². The number of nitro benzene ring substituents is 1. The minimum Gasteiger partial charge on any atom is -0.423 e. The van der Waals surface area contributed by atoms with Crippen molar-refractivity contribution in [3.8, 4) is 10.9 Å². The minimum absolute atomic E-state index is 0.0142. The molecule has 0 bridgehead atoms. The summed E-state index contributed by atoms with van der Waals surface area (Å²) in [5, 5.41) is 11.1. The molecule has 9 heteroatoms. The summed E-state index contributed by atoms with van der Waals surface area (Å²) in [4.78, 5) is 24.8. The number of ether oxygens (including phenoxy) is 1. The molecule has 98 valence electrons. The third kappa shape index (κ3) is 3.01.